The Kier molecular flexibility index (Phi) is 7.53. The van der Waals surface area contributed by atoms with Crippen molar-refractivity contribution in [3.05, 3.63) is 87.9 Å². The molecule has 1 heterocycles. The number of carbonyl (C=O) groups is 3. The van der Waals surface area contributed by atoms with Gasteiger partial charge in [-0.1, -0.05) is 31.0 Å². The number of hydrogen-bond acceptors (Lipinski definition) is 4. The fraction of sp³-hybridized carbons (Fsp3) is 0.296. The van der Waals surface area contributed by atoms with E-state index in [1.165, 1.54) is 35.3 Å². The van der Waals surface area contributed by atoms with E-state index in [4.69, 9.17) is 0 Å². The van der Waals surface area contributed by atoms with Gasteiger partial charge in [0.05, 0.1) is 6.42 Å². The Hall–Kier alpha value is -3.32. The SMILES string of the molecule is CC(=O)c1ccc(N(C(=O)Cc2cccs2)[C@@H](C(=O)NC2CCCC2)c2ccc(F)cc2)cc1. The molecule has 1 aromatic heterocycles. The van der Waals surface area contributed by atoms with Crippen LogP contribution in [0.2, 0.25) is 0 Å². The molecule has 4 rings (SSSR count). The maximum atomic E-state index is 13.7. The van der Waals surface area contributed by atoms with Crippen LogP contribution >= 0.6 is 11.3 Å². The van der Waals surface area contributed by atoms with Crippen molar-refractivity contribution in [3.8, 4) is 0 Å². The highest BCUT2D eigenvalue weighted by atomic mass is 32.1. The van der Waals surface area contributed by atoms with Crippen molar-refractivity contribution < 1.29 is 18.8 Å². The average molecular weight is 479 g/mol. The van der Waals surface area contributed by atoms with Gasteiger partial charge >= 0.3 is 0 Å². The molecule has 1 aliphatic carbocycles. The molecule has 0 aliphatic heterocycles. The van der Waals surface area contributed by atoms with Gasteiger partial charge in [0.25, 0.3) is 0 Å². The highest BCUT2D eigenvalue weighted by molar-refractivity contribution is 7.10. The molecule has 7 heteroatoms. The second-order valence-electron chi connectivity index (χ2n) is 8.57. The molecule has 3 aromatic rings. The number of rotatable bonds is 8. The van der Waals surface area contributed by atoms with Gasteiger partial charge in [-0.3, -0.25) is 19.3 Å². The van der Waals surface area contributed by atoms with E-state index in [-0.39, 0.29) is 30.1 Å². The van der Waals surface area contributed by atoms with Crippen LogP contribution < -0.4 is 10.2 Å². The minimum atomic E-state index is -0.975. The Bertz CT molecular complexity index is 1140. The van der Waals surface area contributed by atoms with Crippen LogP contribution in [-0.2, 0) is 16.0 Å². The number of nitrogens with zero attached hydrogens (tertiary/aromatic N) is 1. The molecule has 0 spiro atoms. The number of ketones is 1. The summed E-state index contributed by atoms with van der Waals surface area (Å²) in [4.78, 5) is 41.4. The second-order valence-corrected chi connectivity index (χ2v) is 9.60. The van der Waals surface area contributed by atoms with Crippen LogP contribution in [0.25, 0.3) is 0 Å². The monoisotopic (exact) mass is 478 g/mol. The summed E-state index contributed by atoms with van der Waals surface area (Å²) >= 11 is 1.47. The minimum Gasteiger partial charge on any atom is -0.351 e. The fourth-order valence-corrected chi connectivity index (χ4v) is 5.05. The largest absolute Gasteiger partial charge is 0.351 e. The molecular formula is C27H27FN2O3S. The lowest BCUT2D eigenvalue weighted by atomic mass is 10.0. The van der Waals surface area contributed by atoms with Crippen molar-refractivity contribution >= 4 is 34.6 Å². The topological polar surface area (TPSA) is 66.5 Å². The van der Waals surface area contributed by atoms with Crippen molar-refractivity contribution in [3.63, 3.8) is 0 Å². The lowest BCUT2D eigenvalue weighted by Crippen LogP contribution is -2.46. The molecule has 5 nitrogen and oxygen atoms in total. The third-order valence-corrected chi connectivity index (χ3v) is 7.00. The number of anilines is 1. The number of Topliss-reactive ketones (excluding diaryl/α,β-unsaturated/α-hetero) is 1. The van der Waals surface area contributed by atoms with Gasteiger partial charge in [0.1, 0.15) is 11.9 Å². The smallest absolute Gasteiger partial charge is 0.248 e. The Morgan fingerprint density at radius 2 is 1.71 bits per heavy atom. The van der Waals surface area contributed by atoms with Crippen LogP contribution in [-0.4, -0.2) is 23.6 Å². The van der Waals surface area contributed by atoms with E-state index in [0.717, 1.165) is 30.6 Å². The van der Waals surface area contributed by atoms with Crippen LogP contribution in [0.5, 0.6) is 0 Å². The van der Waals surface area contributed by atoms with E-state index in [1.807, 2.05) is 17.5 Å². The van der Waals surface area contributed by atoms with Crippen LogP contribution in [0.15, 0.2) is 66.0 Å². The molecule has 34 heavy (non-hydrogen) atoms. The van der Waals surface area contributed by atoms with Crippen LogP contribution in [0.3, 0.4) is 0 Å². The molecule has 2 amide bonds. The summed E-state index contributed by atoms with van der Waals surface area (Å²) in [5, 5.41) is 5.01. The normalized spacial score (nSPS) is 14.5. The highest BCUT2D eigenvalue weighted by Gasteiger charge is 2.34. The zero-order valence-electron chi connectivity index (χ0n) is 19.0. The summed E-state index contributed by atoms with van der Waals surface area (Å²) in [6, 6.07) is 15.2. The Labute approximate surface area is 202 Å². The summed E-state index contributed by atoms with van der Waals surface area (Å²) in [6.45, 7) is 1.48. The van der Waals surface area contributed by atoms with Gasteiger partial charge in [0.15, 0.2) is 5.78 Å². The molecule has 1 atom stereocenters. The third-order valence-electron chi connectivity index (χ3n) is 6.12. The lowest BCUT2D eigenvalue weighted by molar-refractivity contribution is -0.127. The van der Waals surface area contributed by atoms with Gasteiger partial charge in [-0.2, -0.15) is 0 Å². The Morgan fingerprint density at radius 3 is 2.29 bits per heavy atom. The summed E-state index contributed by atoms with van der Waals surface area (Å²) in [5.74, 6) is -1.05. The molecule has 0 radical (unpaired) electrons. The minimum absolute atomic E-state index is 0.0600. The number of amides is 2. The molecule has 1 aliphatic rings. The van der Waals surface area contributed by atoms with E-state index in [2.05, 4.69) is 5.32 Å². The Balaban J connectivity index is 1.76. The molecular weight excluding hydrogens is 451 g/mol. The van der Waals surface area contributed by atoms with Crippen molar-refractivity contribution in [1.29, 1.82) is 0 Å². The van der Waals surface area contributed by atoms with Gasteiger partial charge in [0.2, 0.25) is 11.8 Å². The number of hydrogen-bond donors (Lipinski definition) is 1. The molecule has 0 unspecified atom stereocenters. The molecule has 176 valence electrons. The van der Waals surface area contributed by atoms with E-state index in [9.17, 15) is 18.8 Å². The third kappa shape index (κ3) is 5.59. The first kappa shape index (κ1) is 23.8. The maximum Gasteiger partial charge on any atom is 0.248 e. The van der Waals surface area contributed by atoms with Gasteiger partial charge < -0.3 is 5.32 Å². The number of benzene rings is 2. The van der Waals surface area contributed by atoms with E-state index in [1.54, 1.807) is 36.4 Å². The number of nitrogens with one attached hydrogen (secondary N) is 1. The van der Waals surface area contributed by atoms with E-state index >= 15 is 0 Å². The van der Waals surface area contributed by atoms with Gasteiger partial charge in [-0.15, -0.1) is 11.3 Å². The van der Waals surface area contributed by atoms with Crippen molar-refractivity contribution in [2.45, 2.75) is 51.1 Å². The van der Waals surface area contributed by atoms with Crippen molar-refractivity contribution in [2.75, 3.05) is 4.90 Å². The first-order valence-corrected chi connectivity index (χ1v) is 12.3. The van der Waals surface area contributed by atoms with Gasteiger partial charge in [-0.05, 0) is 73.2 Å². The maximum absolute atomic E-state index is 13.7. The number of carbonyl (C=O) groups excluding carboxylic acids is 3. The summed E-state index contributed by atoms with van der Waals surface area (Å²) in [7, 11) is 0. The molecule has 0 saturated heterocycles. The average Bonchev–Trinajstić information content (AvgIpc) is 3.52. The van der Waals surface area contributed by atoms with Crippen LogP contribution in [0.4, 0.5) is 10.1 Å². The predicted molar refractivity (Wildman–Crippen MR) is 131 cm³/mol. The Morgan fingerprint density at radius 1 is 1.03 bits per heavy atom. The van der Waals surface area contributed by atoms with Gasteiger partial charge in [-0.25, -0.2) is 4.39 Å². The van der Waals surface area contributed by atoms with E-state index < -0.39 is 11.9 Å². The van der Waals surface area contributed by atoms with Crippen molar-refractivity contribution in [1.82, 2.24) is 5.32 Å². The first-order chi connectivity index (χ1) is 16.4. The number of thiophene rings is 1. The number of halogens is 1. The molecule has 2 aromatic carbocycles. The highest BCUT2D eigenvalue weighted by Crippen LogP contribution is 2.31. The summed E-state index contributed by atoms with van der Waals surface area (Å²) in [6.07, 6.45) is 4.04. The summed E-state index contributed by atoms with van der Waals surface area (Å²) < 4.78 is 13.7. The zero-order chi connectivity index (χ0) is 24.1. The molecule has 1 N–H and O–H groups in total. The first-order valence-electron chi connectivity index (χ1n) is 11.4. The standard InChI is InChI=1S/C27H27FN2O3S/c1-18(31)19-10-14-23(15-11-19)30(25(32)17-24-7-4-16-34-24)26(20-8-12-21(28)13-9-20)27(33)29-22-5-2-3-6-22/h4,7-16,22,26H,2-3,5-6,17H2,1H3,(H,29,33)/t26-/m1/s1. The quantitative estimate of drug-likeness (QED) is 0.437. The molecule has 1 fully saturated rings. The lowest BCUT2D eigenvalue weighted by Gasteiger charge is -2.32. The molecule has 0 bridgehead atoms. The van der Waals surface area contributed by atoms with E-state index in [0.29, 0.717) is 16.8 Å². The van der Waals surface area contributed by atoms with Crippen molar-refractivity contribution in [2.24, 2.45) is 0 Å². The van der Waals surface area contributed by atoms with Crippen LogP contribution in [0, 0.1) is 5.82 Å². The zero-order valence-corrected chi connectivity index (χ0v) is 19.8. The van der Waals surface area contributed by atoms with Crippen LogP contribution in [0.1, 0.15) is 59.4 Å². The van der Waals surface area contributed by atoms with Gasteiger partial charge in [0, 0.05) is 22.2 Å². The predicted octanol–water partition coefficient (Wildman–Crippen LogP) is 5.47. The summed E-state index contributed by atoms with van der Waals surface area (Å²) in [5.41, 5.74) is 1.54. The fourth-order valence-electron chi connectivity index (χ4n) is 4.35. The second kappa shape index (κ2) is 10.7. The molecule has 1 saturated carbocycles.